The Morgan fingerprint density at radius 2 is 2.25 bits per heavy atom. The van der Waals surface area contributed by atoms with Gasteiger partial charge in [-0.2, -0.15) is 0 Å². The fourth-order valence-corrected chi connectivity index (χ4v) is 0.840. The van der Waals surface area contributed by atoms with Gasteiger partial charge in [-0.25, -0.2) is 0 Å². The van der Waals surface area contributed by atoms with Crippen molar-refractivity contribution in [2.75, 3.05) is 12.3 Å². The maximum absolute atomic E-state index is 11.1. The summed E-state index contributed by atoms with van der Waals surface area (Å²) in [6.45, 7) is 3.87. The third-order valence-corrected chi connectivity index (χ3v) is 1.75. The van der Waals surface area contributed by atoms with Crippen molar-refractivity contribution in [1.29, 1.82) is 0 Å². The van der Waals surface area contributed by atoms with Crippen molar-refractivity contribution in [3.63, 3.8) is 0 Å². The molecule has 0 bridgehead atoms. The molecule has 12 heavy (non-hydrogen) atoms. The second-order valence-electron chi connectivity index (χ2n) is 3.16. The van der Waals surface area contributed by atoms with Crippen LogP contribution in [0.3, 0.4) is 0 Å². The number of carbonyl (C=O) groups excluding carboxylic acids is 1. The van der Waals surface area contributed by atoms with Crippen LogP contribution in [-0.4, -0.2) is 28.3 Å². The highest BCUT2D eigenvalue weighted by Gasteiger charge is 2.20. The molecule has 0 atom stereocenters. The van der Waals surface area contributed by atoms with Gasteiger partial charge in [0.15, 0.2) is 0 Å². The molecule has 0 aromatic carbocycles. The van der Waals surface area contributed by atoms with Gasteiger partial charge in [-0.05, 0) is 32.3 Å². The van der Waals surface area contributed by atoms with E-state index in [1.165, 1.54) is 0 Å². The van der Waals surface area contributed by atoms with E-state index in [4.69, 9.17) is 10.3 Å². The lowest BCUT2D eigenvalue weighted by molar-refractivity contribution is -0.125. The van der Waals surface area contributed by atoms with Gasteiger partial charge in [0, 0.05) is 12.3 Å². The van der Waals surface area contributed by atoms with Gasteiger partial charge in [0.25, 0.3) is 0 Å². The molecular formula is C7H16N2O2S. The van der Waals surface area contributed by atoms with Gasteiger partial charge in [0.05, 0.1) is 5.54 Å². The molecule has 0 fully saturated rings. The minimum Gasteiger partial charge on any atom is -0.354 e. The number of hydrogen-bond acceptors (Lipinski definition) is 4. The predicted octanol–water partition coefficient (Wildman–Crippen LogP) is 0.436. The van der Waals surface area contributed by atoms with E-state index in [0.717, 1.165) is 18.5 Å². The summed E-state index contributed by atoms with van der Waals surface area (Å²) in [5.41, 5.74) is 4.71. The molecule has 0 aromatic rings. The van der Waals surface area contributed by atoms with Crippen molar-refractivity contribution < 1.29 is 9.35 Å². The van der Waals surface area contributed by atoms with Gasteiger partial charge in [0.2, 0.25) is 5.91 Å². The van der Waals surface area contributed by atoms with Crippen LogP contribution in [0.25, 0.3) is 0 Å². The Morgan fingerprint density at radius 1 is 1.67 bits per heavy atom. The van der Waals surface area contributed by atoms with Crippen molar-refractivity contribution in [3.8, 4) is 0 Å². The van der Waals surface area contributed by atoms with E-state index >= 15 is 0 Å². The number of nitrogens with two attached hydrogens (primary N) is 1. The molecule has 0 rings (SSSR count). The van der Waals surface area contributed by atoms with Crippen molar-refractivity contribution in [2.24, 2.45) is 5.73 Å². The minimum absolute atomic E-state index is 0.162. The summed E-state index contributed by atoms with van der Waals surface area (Å²) in [6.07, 6.45) is 0.753. The summed E-state index contributed by atoms with van der Waals surface area (Å²) in [5.74, 6) is 0.469. The number of amides is 1. The molecule has 0 aliphatic heterocycles. The van der Waals surface area contributed by atoms with Crippen LogP contribution in [0.15, 0.2) is 0 Å². The quantitative estimate of drug-likeness (QED) is 0.436. The van der Waals surface area contributed by atoms with E-state index in [2.05, 4.69) is 5.32 Å². The van der Waals surface area contributed by atoms with Crippen LogP contribution in [-0.2, 0) is 4.79 Å². The van der Waals surface area contributed by atoms with Crippen LogP contribution in [0.2, 0.25) is 0 Å². The lowest BCUT2D eigenvalue weighted by Gasteiger charge is -2.17. The Bertz CT molecular complexity index is 145. The molecule has 0 aromatic heterocycles. The lowest BCUT2D eigenvalue weighted by Crippen LogP contribution is -2.49. The van der Waals surface area contributed by atoms with Crippen LogP contribution in [0.4, 0.5) is 0 Å². The molecule has 0 unspecified atom stereocenters. The summed E-state index contributed by atoms with van der Waals surface area (Å²) in [7, 11) is 0. The van der Waals surface area contributed by atoms with Gasteiger partial charge in [0.1, 0.15) is 0 Å². The van der Waals surface area contributed by atoms with Gasteiger partial charge < -0.3 is 15.6 Å². The molecule has 0 aliphatic carbocycles. The third-order valence-electron chi connectivity index (χ3n) is 1.28. The Hall–Kier alpha value is -0.260. The van der Waals surface area contributed by atoms with E-state index in [1.54, 1.807) is 13.8 Å². The summed E-state index contributed by atoms with van der Waals surface area (Å²) < 4.78 is 8.37. The normalized spacial score (nSPS) is 11.3. The molecule has 0 aliphatic rings. The minimum atomic E-state index is -0.813. The average molecular weight is 192 g/mol. The van der Waals surface area contributed by atoms with Gasteiger partial charge >= 0.3 is 0 Å². The lowest BCUT2D eigenvalue weighted by atomic mass is 10.1. The van der Waals surface area contributed by atoms with E-state index in [9.17, 15) is 4.79 Å². The monoisotopic (exact) mass is 192 g/mol. The zero-order valence-electron chi connectivity index (χ0n) is 7.46. The fraction of sp³-hybridized carbons (Fsp3) is 0.857. The summed E-state index contributed by atoms with van der Waals surface area (Å²) in [5, 5.41) is 2.67. The molecule has 5 heteroatoms. The predicted molar refractivity (Wildman–Crippen MR) is 51.0 cm³/mol. The zero-order chi connectivity index (χ0) is 9.61. The first-order valence-corrected chi connectivity index (χ1v) is 4.76. The van der Waals surface area contributed by atoms with Crippen LogP contribution < -0.4 is 11.1 Å². The molecular weight excluding hydrogens is 176 g/mol. The van der Waals surface area contributed by atoms with E-state index in [0.29, 0.717) is 12.3 Å². The Kier molecular flexibility index (Phi) is 5.28. The van der Waals surface area contributed by atoms with E-state index in [-0.39, 0.29) is 5.91 Å². The first-order valence-electron chi connectivity index (χ1n) is 3.82. The first kappa shape index (κ1) is 11.7. The molecule has 4 N–H and O–H groups in total. The topological polar surface area (TPSA) is 75.4 Å². The Balaban J connectivity index is 3.45. The molecule has 0 spiro atoms. The number of carbonyl (C=O) groups is 1. The fourth-order valence-electron chi connectivity index (χ4n) is 0.566. The number of rotatable bonds is 5. The zero-order valence-corrected chi connectivity index (χ0v) is 8.28. The molecule has 0 radical (unpaired) electrons. The molecule has 4 nitrogen and oxygen atoms in total. The smallest absolute Gasteiger partial charge is 0.239 e. The second-order valence-corrected chi connectivity index (χ2v) is 3.83. The van der Waals surface area contributed by atoms with Gasteiger partial charge in [-0.15, -0.1) is 0 Å². The third kappa shape index (κ3) is 5.40. The highest BCUT2D eigenvalue weighted by Crippen LogP contribution is 1.97. The molecule has 0 heterocycles. The molecule has 72 valence electrons. The molecule has 1 amide bonds. The van der Waals surface area contributed by atoms with Crippen molar-refractivity contribution >= 4 is 17.9 Å². The van der Waals surface area contributed by atoms with E-state index < -0.39 is 5.54 Å². The van der Waals surface area contributed by atoms with Gasteiger partial charge in [-0.1, -0.05) is 0 Å². The largest absolute Gasteiger partial charge is 0.354 e. The molecule has 0 saturated carbocycles. The summed E-state index contributed by atoms with van der Waals surface area (Å²) in [6, 6.07) is 0. The first-order chi connectivity index (χ1) is 5.48. The standard InChI is InChI=1S/C7H16N2O2S/c1-7(2,8)6(10)9-4-3-5-12-11/h11H,3-5,8H2,1-2H3,(H,9,10). The van der Waals surface area contributed by atoms with Crippen molar-refractivity contribution in [1.82, 2.24) is 5.32 Å². The average Bonchev–Trinajstić information content (AvgIpc) is 1.96. The number of nitrogens with one attached hydrogen (secondary N) is 1. The maximum Gasteiger partial charge on any atom is 0.239 e. The van der Waals surface area contributed by atoms with Crippen LogP contribution in [0, 0.1) is 0 Å². The van der Waals surface area contributed by atoms with Crippen LogP contribution in [0.5, 0.6) is 0 Å². The van der Waals surface area contributed by atoms with Crippen LogP contribution in [0.1, 0.15) is 20.3 Å². The van der Waals surface area contributed by atoms with Crippen molar-refractivity contribution in [2.45, 2.75) is 25.8 Å². The van der Waals surface area contributed by atoms with Crippen LogP contribution >= 0.6 is 12.0 Å². The maximum atomic E-state index is 11.1. The Labute approximate surface area is 77.1 Å². The van der Waals surface area contributed by atoms with Crippen molar-refractivity contribution in [3.05, 3.63) is 0 Å². The summed E-state index contributed by atoms with van der Waals surface area (Å²) in [4.78, 5) is 11.1. The van der Waals surface area contributed by atoms with E-state index in [1.807, 2.05) is 0 Å². The highest BCUT2D eigenvalue weighted by molar-refractivity contribution is 7.93. The molecule has 0 saturated heterocycles. The summed E-state index contributed by atoms with van der Waals surface area (Å²) >= 11 is 0.778. The second kappa shape index (κ2) is 5.40. The number of hydrogen-bond donors (Lipinski definition) is 3. The highest BCUT2D eigenvalue weighted by atomic mass is 32.2. The Morgan fingerprint density at radius 3 is 2.67 bits per heavy atom. The SMILES string of the molecule is CC(C)(N)C(=O)NCCCSO. The van der Waals surface area contributed by atoms with Gasteiger partial charge in [-0.3, -0.25) is 4.79 Å².